The van der Waals surface area contributed by atoms with Crippen molar-refractivity contribution in [1.82, 2.24) is 4.90 Å². The van der Waals surface area contributed by atoms with Gasteiger partial charge in [0.05, 0.1) is 0 Å². The van der Waals surface area contributed by atoms with Crippen molar-refractivity contribution in [3.8, 4) is 11.1 Å². The summed E-state index contributed by atoms with van der Waals surface area (Å²) in [5.41, 5.74) is 11.1. The van der Waals surface area contributed by atoms with E-state index in [1.165, 1.54) is 21.6 Å². The first-order valence-corrected chi connectivity index (χ1v) is 10.9. The Kier molecular flexibility index (Phi) is 4.47. The number of hydrogen-bond acceptors (Lipinski definition) is 4. The van der Waals surface area contributed by atoms with Crippen molar-refractivity contribution < 1.29 is 9.53 Å². The molecule has 2 aliphatic heterocycles. The number of guanidine groups is 1. The molecule has 0 bridgehead atoms. The summed E-state index contributed by atoms with van der Waals surface area (Å²) in [5, 5.41) is 0. The van der Waals surface area contributed by atoms with E-state index in [-0.39, 0.29) is 11.3 Å². The monoisotopic (exact) mass is 403 g/mol. The van der Waals surface area contributed by atoms with Gasteiger partial charge in [-0.2, -0.15) is 0 Å². The Bertz CT molecular complexity index is 1040. The van der Waals surface area contributed by atoms with Crippen LogP contribution in [0.1, 0.15) is 42.9 Å². The van der Waals surface area contributed by atoms with Crippen LogP contribution in [0.3, 0.4) is 0 Å². The van der Waals surface area contributed by atoms with Crippen molar-refractivity contribution in [3.05, 3.63) is 59.2 Å². The lowest BCUT2D eigenvalue weighted by molar-refractivity contribution is -0.133. The largest absolute Gasteiger partial charge is 0.381 e. The van der Waals surface area contributed by atoms with Crippen LogP contribution in [0.4, 0.5) is 0 Å². The molecule has 5 heteroatoms. The van der Waals surface area contributed by atoms with Crippen molar-refractivity contribution in [2.75, 3.05) is 20.3 Å². The Hall–Kier alpha value is -2.66. The molecule has 0 saturated carbocycles. The molecular formula is C25H29N3O2. The third-order valence-electron chi connectivity index (χ3n) is 7.28. The van der Waals surface area contributed by atoms with E-state index < -0.39 is 5.54 Å². The van der Waals surface area contributed by atoms with Gasteiger partial charge in [-0.05, 0) is 71.4 Å². The number of likely N-dealkylation sites (N-methyl/N-ethyl adjacent to an activating group) is 1. The number of nitrogens with zero attached hydrogens (tertiary/aromatic N) is 2. The summed E-state index contributed by atoms with van der Waals surface area (Å²) in [5.74, 6) is 0.305. The zero-order valence-electron chi connectivity index (χ0n) is 17.8. The minimum absolute atomic E-state index is 0.00808. The van der Waals surface area contributed by atoms with Gasteiger partial charge in [-0.25, -0.2) is 4.99 Å². The molecule has 2 spiro atoms. The molecule has 2 heterocycles. The second-order valence-electron chi connectivity index (χ2n) is 9.09. The molecule has 5 nitrogen and oxygen atoms in total. The third-order valence-corrected chi connectivity index (χ3v) is 7.28. The summed E-state index contributed by atoms with van der Waals surface area (Å²) in [7, 11) is 1.73. The number of carbonyl (C=O) groups is 1. The fraction of sp³-hybridized carbons (Fsp3) is 0.440. The third kappa shape index (κ3) is 2.87. The number of amides is 1. The molecule has 1 fully saturated rings. The van der Waals surface area contributed by atoms with E-state index in [0.717, 1.165) is 50.0 Å². The number of aliphatic imine (C=N–C) groups is 1. The highest BCUT2D eigenvalue weighted by Crippen LogP contribution is 2.54. The smallest absolute Gasteiger partial charge is 0.261 e. The van der Waals surface area contributed by atoms with Crippen LogP contribution >= 0.6 is 0 Å². The lowest BCUT2D eigenvalue weighted by Gasteiger charge is -2.47. The quantitative estimate of drug-likeness (QED) is 0.832. The van der Waals surface area contributed by atoms with E-state index in [0.29, 0.717) is 12.4 Å². The van der Waals surface area contributed by atoms with Gasteiger partial charge in [-0.3, -0.25) is 9.69 Å². The molecule has 3 aliphatic rings. The van der Waals surface area contributed by atoms with E-state index in [1.54, 1.807) is 7.05 Å². The van der Waals surface area contributed by atoms with Crippen molar-refractivity contribution in [2.45, 2.75) is 44.6 Å². The zero-order chi connectivity index (χ0) is 20.9. The number of ether oxygens (including phenoxy) is 1. The SMILES string of the molecule is CCc1cccc(-c2ccc3c(c2)C2(CC4(CCOCC4)C3)N=C(N)N(C)C2=O)c1. The van der Waals surface area contributed by atoms with E-state index in [9.17, 15) is 4.79 Å². The molecule has 1 saturated heterocycles. The molecule has 2 N–H and O–H groups in total. The van der Waals surface area contributed by atoms with Gasteiger partial charge in [-0.15, -0.1) is 0 Å². The number of nitrogens with two attached hydrogens (primary N) is 1. The van der Waals surface area contributed by atoms with E-state index >= 15 is 0 Å². The lowest BCUT2D eigenvalue weighted by atomic mass is 9.60. The molecule has 1 aliphatic carbocycles. The van der Waals surface area contributed by atoms with Crippen LogP contribution in [0.5, 0.6) is 0 Å². The summed E-state index contributed by atoms with van der Waals surface area (Å²) >= 11 is 0. The summed E-state index contributed by atoms with van der Waals surface area (Å²) in [6, 6.07) is 15.2. The molecule has 1 atom stereocenters. The standard InChI is InChI=1S/C25H29N3O2/c1-3-17-5-4-6-18(13-17)19-7-8-20-15-24(9-11-30-12-10-24)16-25(21(20)14-19)22(29)28(2)23(26)27-25/h4-8,13-14H,3,9-12,15-16H2,1-2H3,(H2,26,27). The predicted octanol–water partition coefficient (Wildman–Crippen LogP) is 3.64. The number of fused-ring (bicyclic) bond motifs is 2. The van der Waals surface area contributed by atoms with Gasteiger partial charge in [0, 0.05) is 20.3 Å². The van der Waals surface area contributed by atoms with Gasteiger partial charge in [0.25, 0.3) is 5.91 Å². The number of rotatable bonds is 2. The second-order valence-corrected chi connectivity index (χ2v) is 9.09. The first-order chi connectivity index (χ1) is 14.5. The lowest BCUT2D eigenvalue weighted by Crippen LogP contribution is -2.49. The molecule has 1 unspecified atom stereocenters. The summed E-state index contributed by atoms with van der Waals surface area (Å²) in [6.45, 7) is 3.66. The summed E-state index contributed by atoms with van der Waals surface area (Å²) in [6.07, 6.45) is 4.59. The number of aryl methyl sites for hydroxylation is 1. The maximum atomic E-state index is 13.5. The topological polar surface area (TPSA) is 67.9 Å². The Morgan fingerprint density at radius 1 is 1.13 bits per heavy atom. The average molecular weight is 404 g/mol. The van der Waals surface area contributed by atoms with Crippen molar-refractivity contribution in [1.29, 1.82) is 0 Å². The van der Waals surface area contributed by atoms with Crippen LogP contribution in [0.25, 0.3) is 11.1 Å². The van der Waals surface area contributed by atoms with Crippen LogP contribution in [0, 0.1) is 5.41 Å². The molecule has 2 aromatic carbocycles. The molecule has 5 rings (SSSR count). The highest BCUT2D eigenvalue weighted by molar-refractivity contribution is 6.07. The van der Waals surface area contributed by atoms with Gasteiger partial charge in [0.2, 0.25) is 0 Å². The Labute approximate surface area is 177 Å². The van der Waals surface area contributed by atoms with Gasteiger partial charge in [0.15, 0.2) is 11.5 Å². The first kappa shape index (κ1) is 19.3. The maximum Gasteiger partial charge on any atom is 0.261 e. The fourth-order valence-corrected chi connectivity index (χ4v) is 5.52. The van der Waals surface area contributed by atoms with Gasteiger partial charge in [-0.1, -0.05) is 43.3 Å². The minimum Gasteiger partial charge on any atom is -0.381 e. The van der Waals surface area contributed by atoms with E-state index in [1.807, 2.05) is 0 Å². The molecule has 30 heavy (non-hydrogen) atoms. The van der Waals surface area contributed by atoms with Crippen molar-refractivity contribution in [3.63, 3.8) is 0 Å². The predicted molar refractivity (Wildman–Crippen MR) is 118 cm³/mol. The Morgan fingerprint density at radius 3 is 2.60 bits per heavy atom. The van der Waals surface area contributed by atoms with Crippen LogP contribution in [0.2, 0.25) is 0 Å². The van der Waals surface area contributed by atoms with Crippen LogP contribution < -0.4 is 5.73 Å². The van der Waals surface area contributed by atoms with Gasteiger partial charge in [0.1, 0.15) is 0 Å². The highest BCUT2D eigenvalue weighted by Gasteiger charge is 2.56. The zero-order valence-corrected chi connectivity index (χ0v) is 17.8. The molecular weight excluding hydrogens is 374 g/mol. The normalized spacial score (nSPS) is 24.9. The second kappa shape index (κ2) is 6.95. The van der Waals surface area contributed by atoms with Crippen LogP contribution in [0.15, 0.2) is 47.5 Å². The summed E-state index contributed by atoms with van der Waals surface area (Å²) in [4.78, 5) is 19.9. The maximum absolute atomic E-state index is 13.5. The van der Waals surface area contributed by atoms with Crippen molar-refractivity contribution in [2.24, 2.45) is 16.1 Å². The fourth-order valence-electron chi connectivity index (χ4n) is 5.52. The van der Waals surface area contributed by atoms with Gasteiger partial charge >= 0.3 is 0 Å². The molecule has 156 valence electrons. The molecule has 2 aromatic rings. The number of hydrogen-bond donors (Lipinski definition) is 1. The molecule has 0 aromatic heterocycles. The number of carbonyl (C=O) groups excluding carboxylic acids is 1. The Balaban J connectivity index is 1.67. The highest BCUT2D eigenvalue weighted by atomic mass is 16.5. The first-order valence-electron chi connectivity index (χ1n) is 10.9. The average Bonchev–Trinajstić information content (AvgIpc) is 2.98. The number of benzene rings is 2. The Morgan fingerprint density at radius 2 is 1.90 bits per heavy atom. The van der Waals surface area contributed by atoms with Crippen molar-refractivity contribution >= 4 is 11.9 Å². The van der Waals surface area contributed by atoms with E-state index in [4.69, 9.17) is 15.5 Å². The van der Waals surface area contributed by atoms with Gasteiger partial charge < -0.3 is 10.5 Å². The molecule has 1 amide bonds. The van der Waals surface area contributed by atoms with Crippen LogP contribution in [-0.2, 0) is 27.9 Å². The van der Waals surface area contributed by atoms with E-state index in [2.05, 4.69) is 49.4 Å². The molecule has 0 radical (unpaired) electrons. The summed E-state index contributed by atoms with van der Waals surface area (Å²) < 4.78 is 5.65. The van der Waals surface area contributed by atoms with Crippen LogP contribution in [-0.4, -0.2) is 37.0 Å². The minimum atomic E-state index is -0.915.